The Bertz CT molecular complexity index is 1100. The highest BCUT2D eigenvalue weighted by Crippen LogP contribution is 2.33. The van der Waals surface area contributed by atoms with Gasteiger partial charge in [-0.05, 0) is 80.6 Å². The predicted octanol–water partition coefficient (Wildman–Crippen LogP) is 3.81. The molecule has 28 heavy (non-hydrogen) atoms. The highest BCUT2D eigenvalue weighted by atomic mass is 35.5. The highest BCUT2D eigenvalue weighted by Gasteiger charge is 2.40. The van der Waals surface area contributed by atoms with Crippen LogP contribution >= 0.6 is 11.6 Å². The molecule has 1 fully saturated rings. The Morgan fingerprint density at radius 1 is 0.929 bits per heavy atom. The van der Waals surface area contributed by atoms with Gasteiger partial charge >= 0.3 is 0 Å². The molecule has 1 aliphatic heterocycles. The van der Waals surface area contributed by atoms with E-state index in [9.17, 15) is 16.8 Å². The number of nitrogens with zero attached hydrogens (tertiary/aromatic N) is 1. The van der Waals surface area contributed by atoms with Crippen LogP contribution in [-0.2, 0) is 19.9 Å². The SMILES string of the molecule is Cc1cc(C)c(C)c(S(=O)(=O)N2CC[C@@H](S(=O)(=O)c3ccc(Cl)cc3)C2)c1C. The first-order chi connectivity index (χ1) is 13.0. The van der Waals surface area contributed by atoms with E-state index >= 15 is 0 Å². The van der Waals surface area contributed by atoms with Crippen molar-refractivity contribution < 1.29 is 16.8 Å². The Kier molecular flexibility index (Phi) is 5.66. The van der Waals surface area contributed by atoms with Crippen LogP contribution in [0.1, 0.15) is 28.7 Å². The third-order valence-corrected chi connectivity index (χ3v) is 10.2. The second kappa shape index (κ2) is 7.44. The normalized spacial score (nSPS) is 18.5. The molecule has 0 saturated carbocycles. The van der Waals surface area contributed by atoms with E-state index in [4.69, 9.17) is 11.6 Å². The Hall–Kier alpha value is -1.41. The lowest BCUT2D eigenvalue weighted by molar-refractivity contribution is 0.475. The summed E-state index contributed by atoms with van der Waals surface area (Å²) < 4.78 is 53.9. The highest BCUT2D eigenvalue weighted by molar-refractivity contribution is 7.92. The van der Waals surface area contributed by atoms with Gasteiger partial charge in [0.25, 0.3) is 0 Å². The molecular weight excluding hydrogens is 418 g/mol. The summed E-state index contributed by atoms with van der Waals surface area (Å²) in [5.41, 5.74) is 3.25. The van der Waals surface area contributed by atoms with Gasteiger partial charge in [0.05, 0.1) is 15.0 Å². The second-order valence-corrected chi connectivity index (χ2v) is 11.9. The smallest absolute Gasteiger partial charge is 0.223 e. The zero-order valence-corrected chi connectivity index (χ0v) is 18.7. The molecule has 8 heteroatoms. The fraction of sp³-hybridized carbons (Fsp3) is 0.400. The van der Waals surface area contributed by atoms with Gasteiger partial charge in [-0.1, -0.05) is 17.7 Å². The van der Waals surface area contributed by atoms with Gasteiger partial charge in [0.15, 0.2) is 9.84 Å². The predicted molar refractivity (Wildman–Crippen MR) is 111 cm³/mol. The van der Waals surface area contributed by atoms with Crippen molar-refractivity contribution in [1.82, 2.24) is 4.31 Å². The number of halogens is 1. The van der Waals surface area contributed by atoms with Crippen molar-refractivity contribution in [3.63, 3.8) is 0 Å². The van der Waals surface area contributed by atoms with Crippen molar-refractivity contribution in [3.05, 3.63) is 57.6 Å². The number of sulfone groups is 1. The molecule has 0 radical (unpaired) electrons. The maximum atomic E-state index is 13.3. The van der Waals surface area contributed by atoms with Gasteiger partial charge in [-0.3, -0.25) is 0 Å². The molecule has 2 aromatic rings. The summed E-state index contributed by atoms with van der Waals surface area (Å²) in [5, 5.41) is -0.315. The van der Waals surface area contributed by atoms with Crippen LogP contribution in [0.4, 0.5) is 0 Å². The molecule has 5 nitrogen and oxygen atoms in total. The molecular formula is C20H24ClNO4S2. The topological polar surface area (TPSA) is 71.5 Å². The lowest BCUT2D eigenvalue weighted by Crippen LogP contribution is -2.33. The van der Waals surface area contributed by atoms with Crippen LogP contribution in [0.3, 0.4) is 0 Å². The molecule has 2 aromatic carbocycles. The summed E-state index contributed by atoms with van der Waals surface area (Å²) >= 11 is 5.85. The number of aryl methyl sites for hydroxylation is 2. The summed E-state index contributed by atoms with van der Waals surface area (Å²) in [6, 6.07) is 7.96. The quantitative estimate of drug-likeness (QED) is 0.723. The van der Waals surface area contributed by atoms with Gasteiger partial charge in [0.1, 0.15) is 0 Å². The van der Waals surface area contributed by atoms with Crippen LogP contribution in [-0.4, -0.2) is 39.5 Å². The minimum Gasteiger partial charge on any atom is -0.223 e. The maximum Gasteiger partial charge on any atom is 0.243 e. The standard InChI is InChI=1S/C20H24ClNO4S2/c1-13-11-14(2)16(4)20(15(13)3)28(25,26)22-10-9-19(12-22)27(23,24)18-7-5-17(21)6-8-18/h5-8,11,19H,9-10,12H2,1-4H3/t19-/m1/s1. The Labute approximate surface area is 172 Å². The number of hydrogen-bond acceptors (Lipinski definition) is 4. The minimum atomic E-state index is -3.78. The number of benzene rings is 2. The largest absolute Gasteiger partial charge is 0.243 e. The van der Waals surface area contributed by atoms with Crippen LogP contribution in [0.2, 0.25) is 5.02 Å². The molecule has 1 atom stereocenters. The van der Waals surface area contributed by atoms with E-state index in [0.29, 0.717) is 21.0 Å². The summed E-state index contributed by atoms with van der Waals surface area (Å²) in [6.45, 7) is 7.52. The van der Waals surface area contributed by atoms with Crippen LogP contribution in [0, 0.1) is 27.7 Å². The van der Waals surface area contributed by atoms with Gasteiger partial charge in [0, 0.05) is 18.1 Å². The van der Waals surface area contributed by atoms with Crippen molar-refractivity contribution in [2.24, 2.45) is 0 Å². The van der Waals surface area contributed by atoms with E-state index in [1.54, 1.807) is 13.8 Å². The number of rotatable bonds is 4. The van der Waals surface area contributed by atoms with Crippen molar-refractivity contribution >= 4 is 31.5 Å². The molecule has 0 amide bonds. The van der Waals surface area contributed by atoms with Crippen molar-refractivity contribution in [3.8, 4) is 0 Å². The van der Waals surface area contributed by atoms with Crippen molar-refractivity contribution in [1.29, 1.82) is 0 Å². The van der Waals surface area contributed by atoms with Crippen LogP contribution in [0.25, 0.3) is 0 Å². The zero-order chi connectivity index (χ0) is 20.9. The molecule has 1 heterocycles. The van der Waals surface area contributed by atoms with Gasteiger partial charge in [0.2, 0.25) is 10.0 Å². The molecule has 0 N–H and O–H groups in total. The fourth-order valence-electron chi connectivity index (χ4n) is 3.68. The van der Waals surface area contributed by atoms with Gasteiger partial charge in [-0.25, -0.2) is 16.8 Å². The first kappa shape index (κ1) is 21.3. The zero-order valence-electron chi connectivity index (χ0n) is 16.4. The molecule has 0 aromatic heterocycles. The molecule has 0 bridgehead atoms. The Morgan fingerprint density at radius 2 is 1.46 bits per heavy atom. The average Bonchev–Trinajstić information content (AvgIpc) is 3.12. The maximum absolute atomic E-state index is 13.3. The van der Waals surface area contributed by atoms with Crippen LogP contribution in [0.5, 0.6) is 0 Å². The van der Waals surface area contributed by atoms with Gasteiger partial charge < -0.3 is 0 Å². The first-order valence-electron chi connectivity index (χ1n) is 9.03. The summed E-state index contributed by atoms with van der Waals surface area (Å²) in [7, 11) is -7.41. The third kappa shape index (κ3) is 3.61. The van der Waals surface area contributed by atoms with Crippen molar-refractivity contribution in [2.45, 2.75) is 49.2 Å². The van der Waals surface area contributed by atoms with E-state index < -0.39 is 25.1 Å². The Balaban J connectivity index is 1.95. The minimum absolute atomic E-state index is 0.0425. The van der Waals surface area contributed by atoms with E-state index in [-0.39, 0.29) is 24.4 Å². The first-order valence-corrected chi connectivity index (χ1v) is 12.4. The monoisotopic (exact) mass is 441 g/mol. The molecule has 0 unspecified atom stereocenters. The third-order valence-electron chi connectivity index (χ3n) is 5.58. The molecule has 152 valence electrons. The van der Waals surface area contributed by atoms with Crippen LogP contribution in [0.15, 0.2) is 40.1 Å². The molecule has 0 spiro atoms. The summed E-state index contributed by atoms with van der Waals surface area (Å²) in [6.07, 6.45) is 0.271. The lowest BCUT2D eigenvalue weighted by Gasteiger charge is -2.22. The fourth-order valence-corrected chi connectivity index (χ4v) is 7.67. The Morgan fingerprint density at radius 3 is 2.00 bits per heavy atom. The van der Waals surface area contributed by atoms with Crippen LogP contribution < -0.4 is 0 Å². The molecule has 0 aliphatic carbocycles. The van der Waals surface area contributed by atoms with Gasteiger partial charge in [-0.15, -0.1) is 0 Å². The molecule has 1 aliphatic rings. The molecule has 1 saturated heterocycles. The van der Waals surface area contributed by atoms with E-state index in [1.165, 1.54) is 28.6 Å². The van der Waals surface area contributed by atoms with E-state index in [1.807, 2.05) is 19.9 Å². The summed E-state index contributed by atoms with van der Waals surface area (Å²) in [5.74, 6) is 0. The number of sulfonamides is 1. The lowest BCUT2D eigenvalue weighted by atomic mass is 10.0. The molecule has 3 rings (SSSR count). The number of hydrogen-bond donors (Lipinski definition) is 0. The van der Waals surface area contributed by atoms with Crippen molar-refractivity contribution in [2.75, 3.05) is 13.1 Å². The summed E-state index contributed by atoms with van der Waals surface area (Å²) in [4.78, 5) is 0.467. The average molecular weight is 442 g/mol. The van der Waals surface area contributed by atoms with E-state index in [2.05, 4.69) is 0 Å². The van der Waals surface area contributed by atoms with Gasteiger partial charge in [-0.2, -0.15) is 4.31 Å². The second-order valence-electron chi connectivity index (χ2n) is 7.36. The van der Waals surface area contributed by atoms with E-state index in [0.717, 1.165) is 11.1 Å².